The van der Waals surface area contributed by atoms with Gasteiger partial charge in [0.2, 0.25) is 0 Å². The van der Waals surface area contributed by atoms with Crippen LogP contribution in [-0.4, -0.2) is 26.0 Å². The lowest BCUT2D eigenvalue weighted by atomic mass is 10.2. The third-order valence-electron chi connectivity index (χ3n) is 2.61. The first-order valence-electron chi connectivity index (χ1n) is 4.98. The number of rotatable bonds is 2. The van der Waals surface area contributed by atoms with Gasteiger partial charge in [-0.05, 0) is 24.6 Å². The van der Waals surface area contributed by atoms with Crippen molar-refractivity contribution in [1.82, 2.24) is 0 Å². The molecule has 6 heteroatoms. The number of anilines is 2. The summed E-state index contributed by atoms with van der Waals surface area (Å²) >= 11 is 0. The SMILES string of the molecule is Nc1ccc(F)cc1NC1CCS(=O)(=O)C1. The second-order valence-corrected chi connectivity index (χ2v) is 6.20. The molecule has 0 amide bonds. The van der Waals surface area contributed by atoms with Gasteiger partial charge >= 0.3 is 0 Å². The van der Waals surface area contributed by atoms with Gasteiger partial charge in [0.05, 0.1) is 22.9 Å². The molecule has 0 radical (unpaired) electrons. The van der Waals surface area contributed by atoms with E-state index in [4.69, 9.17) is 5.73 Å². The normalized spacial score (nSPS) is 23.2. The first-order valence-corrected chi connectivity index (χ1v) is 6.80. The van der Waals surface area contributed by atoms with E-state index < -0.39 is 15.7 Å². The van der Waals surface area contributed by atoms with Gasteiger partial charge in [0, 0.05) is 6.04 Å². The van der Waals surface area contributed by atoms with Crippen molar-refractivity contribution >= 4 is 21.2 Å². The van der Waals surface area contributed by atoms with Gasteiger partial charge in [-0.3, -0.25) is 0 Å². The molecule has 1 aliphatic rings. The van der Waals surface area contributed by atoms with Crippen molar-refractivity contribution in [1.29, 1.82) is 0 Å². The van der Waals surface area contributed by atoms with Crippen LogP contribution in [0.3, 0.4) is 0 Å². The molecule has 0 saturated carbocycles. The number of benzene rings is 1. The summed E-state index contributed by atoms with van der Waals surface area (Å²) in [5.74, 6) is -0.124. The van der Waals surface area contributed by atoms with E-state index in [2.05, 4.69) is 5.32 Å². The van der Waals surface area contributed by atoms with Crippen LogP contribution >= 0.6 is 0 Å². The summed E-state index contributed by atoms with van der Waals surface area (Å²) in [5, 5.41) is 2.96. The minimum absolute atomic E-state index is 0.0863. The van der Waals surface area contributed by atoms with E-state index in [0.29, 0.717) is 17.8 Å². The van der Waals surface area contributed by atoms with E-state index in [1.165, 1.54) is 18.2 Å². The van der Waals surface area contributed by atoms with E-state index in [-0.39, 0.29) is 17.5 Å². The molecule has 1 atom stereocenters. The highest BCUT2D eigenvalue weighted by Crippen LogP contribution is 2.23. The maximum absolute atomic E-state index is 13.0. The summed E-state index contributed by atoms with van der Waals surface area (Å²) in [6.45, 7) is 0. The average Bonchev–Trinajstić information content (AvgIpc) is 2.52. The van der Waals surface area contributed by atoms with Crippen molar-refractivity contribution in [2.75, 3.05) is 22.6 Å². The molecule has 0 spiro atoms. The van der Waals surface area contributed by atoms with E-state index in [0.717, 1.165) is 0 Å². The monoisotopic (exact) mass is 244 g/mol. The van der Waals surface area contributed by atoms with E-state index >= 15 is 0 Å². The first kappa shape index (κ1) is 11.2. The molecule has 16 heavy (non-hydrogen) atoms. The Bertz CT molecular complexity index is 502. The molecule has 1 aromatic carbocycles. The molecule has 3 N–H and O–H groups in total. The third kappa shape index (κ3) is 2.44. The van der Waals surface area contributed by atoms with Crippen LogP contribution in [0.2, 0.25) is 0 Å². The summed E-state index contributed by atoms with van der Waals surface area (Å²) in [6.07, 6.45) is 0.540. The maximum atomic E-state index is 13.0. The zero-order valence-electron chi connectivity index (χ0n) is 8.61. The van der Waals surface area contributed by atoms with Gasteiger partial charge in [-0.15, -0.1) is 0 Å². The molecule has 1 saturated heterocycles. The molecule has 1 aliphatic heterocycles. The van der Waals surface area contributed by atoms with Crippen molar-refractivity contribution in [2.45, 2.75) is 12.5 Å². The third-order valence-corrected chi connectivity index (χ3v) is 4.38. The summed E-state index contributed by atoms with van der Waals surface area (Å²) in [4.78, 5) is 0. The molecule has 0 bridgehead atoms. The van der Waals surface area contributed by atoms with Gasteiger partial charge in [-0.2, -0.15) is 0 Å². The van der Waals surface area contributed by atoms with Crippen LogP contribution in [0.1, 0.15) is 6.42 Å². The highest BCUT2D eigenvalue weighted by Gasteiger charge is 2.27. The van der Waals surface area contributed by atoms with Gasteiger partial charge in [-0.25, -0.2) is 12.8 Å². The van der Waals surface area contributed by atoms with Crippen LogP contribution in [0.5, 0.6) is 0 Å². The average molecular weight is 244 g/mol. The van der Waals surface area contributed by atoms with E-state index in [9.17, 15) is 12.8 Å². The fourth-order valence-electron chi connectivity index (χ4n) is 1.78. The number of hydrogen-bond acceptors (Lipinski definition) is 4. The summed E-state index contributed by atoms with van der Waals surface area (Å²) < 4.78 is 35.4. The topological polar surface area (TPSA) is 72.2 Å². The van der Waals surface area contributed by atoms with Crippen molar-refractivity contribution in [3.8, 4) is 0 Å². The number of nitrogens with one attached hydrogen (secondary N) is 1. The maximum Gasteiger partial charge on any atom is 0.152 e. The van der Waals surface area contributed by atoms with Crippen LogP contribution in [0, 0.1) is 5.82 Å². The summed E-state index contributed by atoms with van der Waals surface area (Å²) in [7, 11) is -2.94. The fourth-order valence-corrected chi connectivity index (χ4v) is 3.46. The zero-order chi connectivity index (χ0) is 11.8. The standard InChI is InChI=1S/C10H13FN2O2S/c11-7-1-2-9(12)10(5-7)13-8-3-4-16(14,15)6-8/h1-2,5,8,13H,3-4,6,12H2. The smallest absolute Gasteiger partial charge is 0.152 e. The Kier molecular flexibility index (Phi) is 2.75. The van der Waals surface area contributed by atoms with Crippen LogP contribution in [0.4, 0.5) is 15.8 Å². The minimum atomic E-state index is -2.94. The molecule has 1 aromatic rings. The Balaban J connectivity index is 2.13. The predicted molar refractivity (Wildman–Crippen MR) is 61.5 cm³/mol. The first-order chi connectivity index (χ1) is 7.46. The number of hydrogen-bond donors (Lipinski definition) is 2. The zero-order valence-corrected chi connectivity index (χ0v) is 9.43. The van der Waals surface area contributed by atoms with Crippen LogP contribution in [-0.2, 0) is 9.84 Å². The van der Waals surface area contributed by atoms with E-state index in [1.807, 2.05) is 0 Å². The Morgan fingerprint density at radius 3 is 2.81 bits per heavy atom. The Morgan fingerprint density at radius 2 is 2.19 bits per heavy atom. The van der Waals surface area contributed by atoms with Gasteiger partial charge in [-0.1, -0.05) is 0 Å². The van der Waals surface area contributed by atoms with Gasteiger partial charge in [0.1, 0.15) is 5.82 Å². The summed E-state index contributed by atoms with van der Waals surface area (Å²) in [6, 6.07) is 3.84. The second kappa shape index (κ2) is 3.93. The quantitative estimate of drug-likeness (QED) is 0.761. The molecule has 1 heterocycles. The minimum Gasteiger partial charge on any atom is -0.397 e. The Hall–Kier alpha value is -1.30. The second-order valence-electron chi connectivity index (χ2n) is 3.98. The number of sulfone groups is 1. The molecular weight excluding hydrogens is 231 g/mol. The molecule has 88 valence electrons. The molecule has 0 aromatic heterocycles. The fraction of sp³-hybridized carbons (Fsp3) is 0.400. The van der Waals surface area contributed by atoms with Gasteiger partial charge in [0.15, 0.2) is 9.84 Å². The lowest BCUT2D eigenvalue weighted by Gasteiger charge is -2.14. The van der Waals surface area contributed by atoms with E-state index in [1.54, 1.807) is 0 Å². The van der Waals surface area contributed by atoms with Gasteiger partial charge < -0.3 is 11.1 Å². The lowest BCUT2D eigenvalue weighted by Crippen LogP contribution is -2.21. The Morgan fingerprint density at radius 1 is 1.44 bits per heavy atom. The predicted octanol–water partition coefficient (Wildman–Crippen LogP) is 1.01. The molecule has 4 nitrogen and oxygen atoms in total. The number of nitrogens with two attached hydrogens (primary N) is 1. The van der Waals surface area contributed by atoms with Crippen molar-refractivity contribution < 1.29 is 12.8 Å². The summed E-state index contributed by atoms with van der Waals surface area (Å²) in [5.41, 5.74) is 6.54. The number of nitrogen functional groups attached to an aromatic ring is 1. The van der Waals surface area contributed by atoms with Crippen LogP contribution in [0.15, 0.2) is 18.2 Å². The van der Waals surface area contributed by atoms with Crippen LogP contribution in [0.25, 0.3) is 0 Å². The van der Waals surface area contributed by atoms with Crippen molar-refractivity contribution in [3.05, 3.63) is 24.0 Å². The molecule has 2 rings (SSSR count). The highest BCUT2D eigenvalue weighted by atomic mass is 32.2. The van der Waals surface area contributed by atoms with Crippen molar-refractivity contribution in [3.63, 3.8) is 0 Å². The Labute approximate surface area is 93.6 Å². The lowest BCUT2D eigenvalue weighted by molar-refractivity contribution is 0.602. The largest absolute Gasteiger partial charge is 0.397 e. The molecule has 1 unspecified atom stereocenters. The van der Waals surface area contributed by atoms with Crippen LogP contribution < -0.4 is 11.1 Å². The molecule has 0 aliphatic carbocycles. The molecular formula is C10H13FN2O2S. The van der Waals surface area contributed by atoms with Gasteiger partial charge in [0.25, 0.3) is 0 Å². The molecule has 1 fully saturated rings. The van der Waals surface area contributed by atoms with Crippen molar-refractivity contribution in [2.24, 2.45) is 0 Å². The highest BCUT2D eigenvalue weighted by molar-refractivity contribution is 7.91. The number of halogens is 1.